The van der Waals surface area contributed by atoms with E-state index in [2.05, 4.69) is 34.5 Å². The Morgan fingerprint density at radius 2 is 2.04 bits per heavy atom. The molecule has 0 unspecified atom stereocenters. The van der Waals surface area contributed by atoms with Crippen LogP contribution in [0, 0.1) is 5.92 Å². The van der Waals surface area contributed by atoms with Crippen LogP contribution in [-0.2, 0) is 11.3 Å². The molecule has 2 rings (SSSR count). The third-order valence-corrected chi connectivity index (χ3v) is 4.15. The lowest BCUT2D eigenvalue weighted by atomic mass is 10.0. The summed E-state index contributed by atoms with van der Waals surface area (Å²) in [7, 11) is 0. The number of nitrogens with zero attached hydrogens (tertiary/aromatic N) is 3. The summed E-state index contributed by atoms with van der Waals surface area (Å²) < 4.78 is 7.22. The van der Waals surface area contributed by atoms with E-state index in [4.69, 9.17) is 4.74 Å². The van der Waals surface area contributed by atoms with Gasteiger partial charge in [0.05, 0.1) is 19.8 Å². The lowest BCUT2D eigenvalue weighted by Crippen LogP contribution is -2.53. The standard InChI is InChI=1S/C16H29N5O2/c1-13(2)15(20-7-9-23-10-8-20)11-17-16(22)19-14(3)12-21-6-4-5-18-21/h4-6,13-15H,7-12H2,1-3H3,(H2,17,19,22)/t14-,15-/m1/s1. The Kier molecular flexibility index (Phi) is 6.85. The number of carbonyl (C=O) groups excluding carboxylic acids is 1. The summed E-state index contributed by atoms with van der Waals surface area (Å²) in [5, 5.41) is 10.1. The fourth-order valence-corrected chi connectivity index (χ4v) is 2.90. The predicted octanol–water partition coefficient (Wildman–Crippen LogP) is 0.928. The van der Waals surface area contributed by atoms with Gasteiger partial charge < -0.3 is 15.4 Å². The summed E-state index contributed by atoms with van der Waals surface area (Å²) in [6, 6.07) is 2.12. The SMILES string of the molecule is CC(C)[C@@H](CNC(=O)N[C@H](C)Cn1cccn1)N1CCOCC1. The van der Waals surface area contributed by atoms with Gasteiger partial charge in [-0.05, 0) is 18.9 Å². The number of nitrogens with one attached hydrogen (secondary N) is 2. The Hall–Kier alpha value is -1.60. The second kappa shape index (κ2) is 8.88. The average Bonchev–Trinajstić information content (AvgIpc) is 3.00. The highest BCUT2D eigenvalue weighted by molar-refractivity contribution is 5.74. The number of aromatic nitrogens is 2. The average molecular weight is 323 g/mol. The van der Waals surface area contributed by atoms with E-state index in [1.165, 1.54) is 0 Å². The molecule has 0 aromatic carbocycles. The van der Waals surface area contributed by atoms with Crippen molar-refractivity contribution in [3.05, 3.63) is 18.5 Å². The molecule has 0 radical (unpaired) electrons. The summed E-state index contributed by atoms with van der Waals surface area (Å²) in [5.74, 6) is 0.481. The van der Waals surface area contributed by atoms with Gasteiger partial charge in [0.25, 0.3) is 0 Å². The molecule has 23 heavy (non-hydrogen) atoms. The molecule has 1 aromatic rings. The fourth-order valence-electron chi connectivity index (χ4n) is 2.90. The lowest BCUT2D eigenvalue weighted by Gasteiger charge is -2.37. The molecule has 1 fully saturated rings. The third kappa shape index (κ3) is 5.84. The number of rotatable bonds is 7. The highest BCUT2D eigenvalue weighted by Crippen LogP contribution is 2.12. The monoisotopic (exact) mass is 323 g/mol. The highest BCUT2D eigenvalue weighted by Gasteiger charge is 2.24. The van der Waals surface area contributed by atoms with Crippen LogP contribution in [0.3, 0.4) is 0 Å². The number of hydrogen-bond donors (Lipinski definition) is 2. The van der Waals surface area contributed by atoms with Gasteiger partial charge in [-0.15, -0.1) is 0 Å². The molecular weight excluding hydrogens is 294 g/mol. The van der Waals surface area contributed by atoms with Crippen LogP contribution in [0.5, 0.6) is 0 Å². The van der Waals surface area contributed by atoms with E-state index in [-0.39, 0.29) is 12.1 Å². The van der Waals surface area contributed by atoms with E-state index in [0.29, 0.717) is 25.0 Å². The van der Waals surface area contributed by atoms with Crippen LogP contribution < -0.4 is 10.6 Å². The molecule has 1 aliphatic rings. The second-order valence-corrected chi connectivity index (χ2v) is 6.44. The minimum absolute atomic E-state index is 0.0239. The largest absolute Gasteiger partial charge is 0.379 e. The molecule has 7 nitrogen and oxygen atoms in total. The van der Waals surface area contributed by atoms with Crippen LogP contribution in [0.25, 0.3) is 0 Å². The second-order valence-electron chi connectivity index (χ2n) is 6.44. The molecule has 130 valence electrons. The van der Waals surface area contributed by atoms with Crippen LogP contribution in [0.2, 0.25) is 0 Å². The maximum Gasteiger partial charge on any atom is 0.315 e. The maximum atomic E-state index is 12.1. The van der Waals surface area contributed by atoms with Gasteiger partial charge in [0.2, 0.25) is 0 Å². The highest BCUT2D eigenvalue weighted by atomic mass is 16.5. The number of carbonyl (C=O) groups is 1. The minimum Gasteiger partial charge on any atom is -0.379 e. The maximum absolute atomic E-state index is 12.1. The summed E-state index contributed by atoms with van der Waals surface area (Å²) >= 11 is 0. The van der Waals surface area contributed by atoms with E-state index < -0.39 is 0 Å². The minimum atomic E-state index is -0.122. The molecule has 0 bridgehead atoms. The molecule has 1 aliphatic heterocycles. The smallest absolute Gasteiger partial charge is 0.315 e. The number of morpholine rings is 1. The van der Waals surface area contributed by atoms with Gasteiger partial charge in [-0.2, -0.15) is 5.10 Å². The van der Waals surface area contributed by atoms with Crippen molar-refractivity contribution >= 4 is 6.03 Å². The Morgan fingerprint density at radius 3 is 2.65 bits per heavy atom. The molecule has 2 atom stereocenters. The van der Waals surface area contributed by atoms with E-state index in [1.807, 2.05) is 23.9 Å². The van der Waals surface area contributed by atoms with Gasteiger partial charge in [0, 0.05) is 44.1 Å². The van der Waals surface area contributed by atoms with Crippen LogP contribution in [0.4, 0.5) is 4.79 Å². The van der Waals surface area contributed by atoms with Crippen LogP contribution in [0.15, 0.2) is 18.5 Å². The van der Waals surface area contributed by atoms with Crippen molar-refractivity contribution in [2.75, 3.05) is 32.8 Å². The van der Waals surface area contributed by atoms with Gasteiger partial charge in [-0.3, -0.25) is 9.58 Å². The van der Waals surface area contributed by atoms with Crippen LogP contribution in [-0.4, -0.2) is 65.6 Å². The first kappa shape index (κ1) is 17.7. The molecular formula is C16H29N5O2. The quantitative estimate of drug-likeness (QED) is 0.783. The zero-order valence-electron chi connectivity index (χ0n) is 14.4. The third-order valence-electron chi connectivity index (χ3n) is 4.15. The Bertz CT molecular complexity index is 457. The van der Waals surface area contributed by atoms with E-state index >= 15 is 0 Å². The summed E-state index contributed by atoms with van der Waals surface area (Å²) in [5.41, 5.74) is 0. The van der Waals surface area contributed by atoms with E-state index in [0.717, 1.165) is 26.3 Å². The van der Waals surface area contributed by atoms with Gasteiger partial charge in [-0.1, -0.05) is 13.8 Å². The van der Waals surface area contributed by atoms with Crippen LogP contribution in [0.1, 0.15) is 20.8 Å². The first-order valence-electron chi connectivity index (χ1n) is 8.40. The lowest BCUT2D eigenvalue weighted by molar-refractivity contribution is 0.00718. The van der Waals surface area contributed by atoms with Crippen LogP contribution >= 0.6 is 0 Å². The van der Waals surface area contributed by atoms with Gasteiger partial charge in [0.15, 0.2) is 0 Å². The normalized spacial score (nSPS) is 18.6. The molecule has 0 aliphatic carbocycles. The summed E-state index contributed by atoms with van der Waals surface area (Å²) in [4.78, 5) is 14.5. The first-order chi connectivity index (χ1) is 11.1. The number of amides is 2. The molecule has 2 N–H and O–H groups in total. The Balaban J connectivity index is 1.74. The predicted molar refractivity (Wildman–Crippen MR) is 89.2 cm³/mol. The molecule has 2 amide bonds. The molecule has 1 saturated heterocycles. The number of ether oxygens (including phenoxy) is 1. The Labute approximate surface area is 138 Å². The van der Waals surface area contributed by atoms with Crippen molar-refractivity contribution in [1.29, 1.82) is 0 Å². The van der Waals surface area contributed by atoms with E-state index in [1.54, 1.807) is 6.20 Å². The summed E-state index contributed by atoms with van der Waals surface area (Å²) in [6.45, 7) is 11.1. The van der Waals surface area contributed by atoms with Crippen molar-refractivity contribution in [1.82, 2.24) is 25.3 Å². The van der Waals surface area contributed by atoms with Gasteiger partial charge in [0.1, 0.15) is 0 Å². The van der Waals surface area contributed by atoms with Crippen molar-refractivity contribution < 1.29 is 9.53 Å². The van der Waals surface area contributed by atoms with Crippen molar-refractivity contribution in [3.8, 4) is 0 Å². The molecule has 1 aromatic heterocycles. The molecule has 7 heteroatoms. The van der Waals surface area contributed by atoms with E-state index in [9.17, 15) is 4.79 Å². The first-order valence-corrected chi connectivity index (χ1v) is 8.40. The number of hydrogen-bond acceptors (Lipinski definition) is 4. The van der Waals surface area contributed by atoms with Gasteiger partial charge in [-0.25, -0.2) is 4.79 Å². The van der Waals surface area contributed by atoms with Crippen molar-refractivity contribution in [2.45, 2.75) is 39.4 Å². The zero-order chi connectivity index (χ0) is 16.7. The molecule has 2 heterocycles. The topological polar surface area (TPSA) is 71.4 Å². The molecule has 0 saturated carbocycles. The van der Waals surface area contributed by atoms with Gasteiger partial charge >= 0.3 is 6.03 Å². The Morgan fingerprint density at radius 1 is 1.30 bits per heavy atom. The summed E-state index contributed by atoms with van der Waals surface area (Å²) in [6.07, 6.45) is 3.63. The zero-order valence-corrected chi connectivity index (χ0v) is 14.4. The fraction of sp³-hybridized carbons (Fsp3) is 0.750. The number of urea groups is 1. The van der Waals surface area contributed by atoms with Crippen molar-refractivity contribution in [3.63, 3.8) is 0 Å². The van der Waals surface area contributed by atoms with Crippen molar-refractivity contribution in [2.24, 2.45) is 5.92 Å². The molecule has 0 spiro atoms.